The number of para-hydroxylation sites is 1. The molecule has 0 aromatic heterocycles. The lowest BCUT2D eigenvalue weighted by Gasteiger charge is -2.41. The van der Waals surface area contributed by atoms with Crippen molar-refractivity contribution in [3.05, 3.63) is 71.8 Å². The van der Waals surface area contributed by atoms with E-state index in [0.29, 0.717) is 24.5 Å². The fourth-order valence-corrected chi connectivity index (χ4v) is 3.78. The Bertz CT molecular complexity index is 952. The topological polar surface area (TPSA) is 36.9 Å². The first-order valence-corrected chi connectivity index (χ1v) is 9.22. The van der Waals surface area contributed by atoms with E-state index in [1.165, 1.54) is 5.39 Å². The minimum atomic E-state index is -0.940. The average molecular weight is 364 g/mol. The minimum absolute atomic E-state index is 0.152. The van der Waals surface area contributed by atoms with Gasteiger partial charge in [-0.25, -0.2) is 0 Å². The first-order chi connectivity index (χ1) is 13.2. The summed E-state index contributed by atoms with van der Waals surface area (Å²) in [6.07, 6.45) is 0.404. The molecule has 1 aliphatic heterocycles. The fraction of sp³-hybridized carbons (Fsp3) is 0.304. The van der Waals surface area contributed by atoms with Crippen LogP contribution in [0, 0.1) is 0 Å². The van der Waals surface area contributed by atoms with Gasteiger partial charge in [-0.2, -0.15) is 0 Å². The van der Waals surface area contributed by atoms with E-state index in [9.17, 15) is 0 Å². The Labute approximate surface area is 159 Å². The van der Waals surface area contributed by atoms with Crippen molar-refractivity contribution in [1.29, 1.82) is 0 Å². The Morgan fingerprint density at radius 1 is 1.00 bits per heavy atom. The first kappa shape index (κ1) is 17.8. The van der Waals surface area contributed by atoms with Crippen molar-refractivity contribution in [2.24, 2.45) is 0 Å². The molecule has 0 spiro atoms. The van der Waals surface area contributed by atoms with Gasteiger partial charge in [0.25, 0.3) is 0 Å². The zero-order chi connectivity index (χ0) is 18.9. The molecule has 0 aliphatic carbocycles. The van der Waals surface area contributed by atoms with Crippen LogP contribution in [0.5, 0.6) is 11.5 Å². The third-order valence-electron chi connectivity index (χ3n) is 5.18. The van der Waals surface area contributed by atoms with Crippen LogP contribution < -0.4 is 9.47 Å². The molecule has 3 aromatic carbocycles. The molecule has 3 aromatic rings. The maximum Gasteiger partial charge on any atom is 0.240 e. The van der Waals surface area contributed by atoms with Crippen molar-refractivity contribution in [1.82, 2.24) is 0 Å². The van der Waals surface area contributed by atoms with Crippen LogP contribution >= 0.6 is 0 Å². The lowest BCUT2D eigenvalue weighted by atomic mass is 9.90. The van der Waals surface area contributed by atoms with Crippen LogP contribution in [0.3, 0.4) is 0 Å². The SMILES string of the molecule is CCOc1cccc2c1OC(OC)(c1ccc3ccccc3c1)CC2OC. The van der Waals surface area contributed by atoms with Gasteiger partial charge in [0.15, 0.2) is 11.5 Å². The van der Waals surface area contributed by atoms with Gasteiger partial charge < -0.3 is 18.9 Å². The Hall–Kier alpha value is -2.56. The van der Waals surface area contributed by atoms with Gasteiger partial charge in [-0.05, 0) is 29.8 Å². The van der Waals surface area contributed by atoms with Crippen LogP contribution in [-0.2, 0) is 15.3 Å². The van der Waals surface area contributed by atoms with Gasteiger partial charge in [-0.1, -0.05) is 48.5 Å². The number of hydrogen-bond acceptors (Lipinski definition) is 4. The smallest absolute Gasteiger partial charge is 0.240 e. The lowest BCUT2D eigenvalue weighted by molar-refractivity contribution is -0.206. The Kier molecular flexibility index (Phi) is 4.77. The number of ether oxygens (including phenoxy) is 4. The number of methoxy groups -OCH3 is 2. The van der Waals surface area contributed by atoms with Crippen LogP contribution in [0.4, 0.5) is 0 Å². The predicted octanol–water partition coefficient (Wildman–Crippen LogP) is 5.21. The highest BCUT2D eigenvalue weighted by molar-refractivity contribution is 5.83. The van der Waals surface area contributed by atoms with Gasteiger partial charge in [-0.15, -0.1) is 0 Å². The molecule has 1 heterocycles. The van der Waals surface area contributed by atoms with E-state index in [1.54, 1.807) is 14.2 Å². The van der Waals surface area contributed by atoms with E-state index in [-0.39, 0.29) is 6.10 Å². The van der Waals surface area contributed by atoms with Gasteiger partial charge >= 0.3 is 0 Å². The normalized spacial score (nSPS) is 21.5. The number of benzene rings is 3. The summed E-state index contributed by atoms with van der Waals surface area (Å²) in [5.74, 6) is 0.455. The van der Waals surface area contributed by atoms with Crippen LogP contribution in [0.15, 0.2) is 60.7 Å². The molecule has 2 unspecified atom stereocenters. The molecule has 0 saturated carbocycles. The molecule has 0 bridgehead atoms. The molecule has 4 heteroatoms. The molecule has 0 amide bonds. The summed E-state index contributed by atoms with van der Waals surface area (Å²) in [5, 5.41) is 2.33. The molecular weight excluding hydrogens is 340 g/mol. The van der Waals surface area contributed by atoms with Crippen LogP contribution in [0.25, 0.3) is 10.8 Å². The van der Waals surface area contributed by atoms with E-state index in [2.05, 4.69) is 30.3 Å². The fourth-order valence-electron chi connectivity index (χ4n) is 3.78. The largest absolute Gasteiger partial charge is 0.490 e. The second-order valence-electron chi connectivity index (χ2n) is 6.66. The van der Waals surface area contributed by atoms with Gasteiger partial charge in [0, 0.05) is 31.8 Å². The van der Waals surface area contributed by atoms with Crippen LogP contribution in [-0.4, -0.2) is 20.8 Å². The van der Waals surface area contributed by atoms with Crippen molar-refractivity contribution < 1.29 is 18.9 Å². The Balaban J connectivity index is 1.85. The second-order valence-corrected chi connectivity index (χ2v) is 6.66. The summed E-state index contributed by atoms with van der Waals surface area (Å²) >= 11 is 0. The van der Waals surface area contributed by atoms with Gasteiger partial charge in [0.1, 0.15) is 0 Å². The third kappa shape index (κ3) is 3.05. The molecule has 0 saturated heterocycles. The van der Waals surface area contributed by atoms with Crippen LogP contribution in [0.2, 0.25) is 0 Å². The molecule has 0 fully saturated rings. The summed E-state index contributed by atoms with van der Waals surface area (Å²) in [5.41, 5.74) is 1.94. The second kappa shape index (κ2) is 7.22. The zero-order valence-electron chi connectivity index (χ0n) is 15.9. The molecule has 2 atom stereocenters. The van der Waals surface area contributed by atoms with Crippen LogP contribution in [0.1, 0.15) is 30.6 Å². The highest BCUT2D eigenvalue weighted by atomic mass is 16.7. The van der Waals surface area contributed by atoms with Gasteiger partial charge in [-0.3, -0.25) is 0 Å². The molecule has 140 valence electrons. The van der Waals surface area contributed by atoms with E-state index in [1.807, 2.05) is 37.3 Å². The first-order valence-electron chi connectivity index (χ1n) is 9.22. The predicted molar refractivity (Wildman–Crippen MR) is 105 cm³/mol. The Morgan fingerprint density at radius 3 is 2.56 bits per heavy atom. The minimum Gasteiger partial charge on any atom is -0.490 e. The Morgan fingerprint density at radius 2 is 1.81 bits per heavy atom. The monoisotopic (exact) mass is 364 g/mol. The maximum absolute atomic E-state index is 6.49. The van der Waals surface area contributed by atoms with Crippen molar-refractivity contribution in [2.75, 3.05) is 20.8 Å². The van der Waals surface area contributed by atoms with E-state index in [0.717, 1.165) is 16.5 Å². The number of hydrogen-bond donors (Lipinski definition) is 0. The van der Waals surface area contributed by atoms with E-state index < -0.39 is 5.79 Å². The molecule has 1 aliphatic rings. The van der Waals surface area contributed by atoms with Crippen molar-refractivity contribution in [3.63, 3.8) is 0 Å². The zero-order valence-corrected chi connectivity index (χ0v) is 15.9. The highest BCUT2D eigenvalue weighted by Gasteiger charge is 2.44. The summed E-state index contributed by atoms with van der Waals surface area (Å²) in [6.45, 7) is 2.52. The van der Waals surface area contributed by atoms with E-state index >= 15 is 0 Å². The maximum atomic E-state index is 6.49. The molecule has 4 rings (SSSR count). The van der Waals surface area contributed by atoms with Crippen molar-refractivity contribution in [3.8, 4) is 11.5 Å². The van der Waals surface area contributed by atoms with Crippen molar-refractivity contribution >= 4 is 10.8 Å². The molecule has 0 N–H and O–H groups in total. The van der Waals surface area contributed by atoms with Gasteiger partial charge in [0.05, 0.1) is 12.7 Å². The quantitative estimate of drug-likeness (QED) is 0.623. The summed E-state index contributed by atoms with van der Waals surface area (Å²) in [6, 6.07) is 20.5. The number of rotatable bonds is 5. The van der Waals surface area contributed by atoms with Crippen molar-refractivity contribution in [2.45, 2.75) is 25.2 Å². The van der Waals surface area contributed by atoms with E-state index in [4.69, 9.17) is 18.9 Å². The standard InChI is InChI=1S/C23H24O4/c1-4-26-20-11-7-10-19-21(24-2)15-23(25-3,27-22(19)20)18-13-12-16-8-5-6-9-17(16)14-18/h5-14,21H,4,15H2,1-3H3. The molecule has 27 heavy (non-hydrogen) atoms. The highest BCUT2D eigenvalue weighted by Crippen LogP contribution is 2.50. The summed E-state index contributed by atoms with van der Waals surface area (Å²) in [4.78, 5) is 0. The molecule has 0 radical (unpaired) electrons. The summed E-state index contributed by atoms with van der Waals surface area (Å²) in [7, 11) is 3.39. The summed E-state index contributed by atoms with van der Waals surface area (Å²) < 4.78 is 24.1. The molecular formula is C23H24O4. The lowest BCUT2D eigenvalue weighted by Crippen LogP contribution is -2.40. The number of fused-ring (bicyclic) bond motifs is 2. The average Bonchev–Trinajstić information content (AvgIpc) is 2.73. The third-order valence-corrected chi connectivity index (χ3v) is 5.18. The van der Waals surface area contributed by atoms with Gasteiger partial charge in [0.2, 0.25) is 5.79 Å². The molecule has 4 nitrogen and oxygen atoms in total.